The summed E-state index contributed by atoms with van der Waals surface area (Å²) in [7, 11) is 0. The summed E-state index contributed by atoms with van der Waals surface area (Å²) in [5.41, 5.74) is 0.665. The average Bonchev–Trinajstić information content (AvgIpc) is 3.28. The van der Waals surface area contributed by atoms with Crippen molar-refractivity contribution < 1.29 is 17.9 Å². The smallest absolute Gasteiger partial charge is 0.425 e. The quantitative estimate of drug-likeness (QED) is 0.574. The Morgan fingerprint density at radius 2 is 1.93 bits per heavy atom. The molecular weight excluding hydrogens is 381 g/mol. The highest BCUT2D eigenvalue weighted by Crippen LogP contribution is 2.36. The molecule has 0 fully saturated rings. The van der Waals surface area contributed by atoms with Gasteiger partial charge in [-0.25, -0.2) is 4.98 Å². The Hall–Kier alpha value is -3.14. The van der Waals surface area contributed by atoms with E-state index in [2.05, 4.69) is 15.1 Å². The number of fused-ring (bicyclic) bond motifs is 1. The second kappa shape index (κ2) is 6.54. The molecule has 0 aliphatic carbocycles. The largest absolute Gasteiger partial charge is 0.486 e. The summed E-state index contributed by atoms with van der Waals surface area (Å²) in [6, 6.07) is 11.4. The third-order valence-electron chi connectivity index (χ3n) is 3.67. The molecule has 0 bridgehead atoms. The fourth-order valence-electron chi connectivity index (χ4n) is 2.43. The fraction of sp³-hybridized carbons (Fsp3) is 0.118. The lowest BCUT2D eigenvalue weighted by atomic mass is 10.2. The first kappa shape index (κ1) is 17.3. The summed E-state index contributed by atoms with van der Waals surface area (Å²) in [4.78, 5) is 20.0. The zero-order valence-electron chi connectivity index (χ0n) is 13.5. The molecule has 0 radical (unpaired) electrons. The van der Waals surface area contributed by atoms with Crippen molar-refractivity contribution in [3.05, 3.63) is 68.8 Å². The van der Waals surface area contributed by atoms with Gasteiger partial charge in [0.05, 0.1) is 5.69 Å². The van der Waals surface area contributed by atoms with E-state index < -0.39 is 16.6 Å². The number of thiophene rings is 1. The summed E-state index contributed by atoms with van der Waals surface area (Å²) in [6.07, 6.45) is -4.41. The van der Waals surface area contributed by atoms with E-state index in [0.29, 0.717) is 17.2 Å². The van der Waals surface area contributed by atoms with E-state index in [1.165, 1.54) is 16.0 Å². The highest BCUT2D eigenvalue weighted by molar-refractivity contribution is 7.10. The molecule has 0 atom stereocenters. The van der Waals surface area contributed by atoms with E-state index in [0.717, 1.165) is 11.6 Å². The predicted octanol–water partition coefficient (Wildman–Crippen LogP) is 3.74. The number of halogens is 3. The van der Waals surface area contributed by atoms with Crippen molar-refractivity contribution in [1.82, 2.24) is 19.6 Å². The molecule has 3 aromatic heterocycles. The van der Waals surface area contributed by atoms with Crippen LogP contribution in [0.2, 0.25) is 0 Å². The number of alkyl halides is 3. The monoisotopic (exact) mass is 392 g/mol. The zero-order valence-corrected chi connectivity index (χ0v) is 14.3. The number of aromatic nitrogens is 4. The Labute approximate surface area is 153 Å². The SMILES string of the molecule is O=c1cc(COc2csc(C(F)(F)F)c2)nc2nc(-c3ccccc3)[nH]n12. The predicted molar refractivity (Wildman–Crippen MR) is 92.7 cm³/mol. The number of rotatable bonds is 4. The molecule has 0 saturated carbocycles. The minimum absolute atomic E-state index is 0.0707. The third-order valence-corrected chi connectivity index (χ3v) is 4.63. The Morgan fingerprint density at radius 3 is 2.63 bits per heavy atom. The van der Waals surface area contributed by atoms with Gasteiger partial charge in [0.1, 0.15) is 17.2 Å². The second-order valence-electron chi connectivity index (χ2n) is 5.59. The summed E-state index contributed by atoms with van der Waals surface area (Å²) in [6.45, 7) is -0.146. The Morgan fingerprint density at radius 1 is 1.15 bits per heavy atom. The van der Waals surface area contributed by atoms with Gasteiger partial charge in [-0.3, -0.25) is 9.89 Å². The van der Waals surface area contributed by atoms with E-state index in [1.54, 1.807) is 0 Å². The van der Waals surface area contributed by atoms with E-state index >= 15 is 0 Å². The third kappa shape index (κ3) is 3.56. The van der Waals surface area contributed by atoms with E-state index in [9.17, 15) is 18.0 Å². The van der Waals surface area contributed by atoms with Crippen molar-refractivity contribution in [2.75, 3.05) is 0 Å². The summed E-state index contributed by atoms with van der Waals surface area (Å²) in [5.74, 6) is 0.702. The van der Waals surface area contributed by atoms with Gasteiger partial charge in [0, 0.05) is 23.1 Å². The van der Waals surface area contributed by atoms with Gasteiger partial charge in [0.15, 0.2) is 5.82 Å². The van der Waals surface area contributed by atoms with Crippen LogP contribution in [0.15, 0.2) is 52.6 Å². The number of H-pyrrole nitrogens is 1. The fourth-order valence-corrected chi connectivity index (χ4v) is 3.12. The zero-order chi connectivity index (χ0) is 19.0. The maximum Gasteiger partial charge on any atom is 0.425 e. The van der Waals surface area contributed by atoms with Crippen molar-refractivity contribution in [2.45, 2.75) is 12.8 Å². The molecule has 0 saturated heterocycles. The van der Waals surface area contributed by atoms with E-state index in [1.807, 2.05) is 30.3 Å². The van der Waals surface area contributed by atoms with Crippen molar-refractivity contribution in [3.8, 4) is 17.1 Å². The standard InChI is InChI=1S/C17H11F3N4O2S/c18-17(19,20)13-7-12(9-27-13)26-8-11-6-14(25)24-16(21-11)22-15(23-24)10-4-2-1-3-5-10/h1-7,9H,8H2,(H,21,22,23). The highest BCUT2D eigenvalue weighted by Gasteiger charge is 2.32. The van der Waals surface area contributed by atoms with Gasteiger partial charge in [-0.05, 0) is 0 Å². The number of benzene rings is 1. The molecule has 10 heteroatoms. The van der Waals surface area contributed by atoms with Crippen LogP contribution in [-0.4, -0.2) is 19.6 Å². The number of aromatic amines is 1. The molecule has 0 aliphatic heterocycles. The highest BCUT2D eigenvalue weighted by atomic mass is 32.1. The average molecular weight is 392 g/mol. The molecule has 6 nitrogen and oxygen atoms in total. The minimum atomic E-state index is -4.41. The van der Waals surface area contributed by atoms with Crippen LogP contribution >= 0.6 is 11.3 Å². The van der Waals surface area contributed by atoms with Gasteiger partial charge in [-0.15, -0.1) is 11.3 Å². The lowest BCUT2D eigenvalue weighted by Gasteiger charge is -2.03. The van der Waals surface area contributed by atoms with Gasteiger partial charge in [0.25, 0.3) is 11.3 Å². The Kier molecular flexibility index (Phi) is 4.19. The maximum atomic E-state index is 12.6. The molecule has 0 unspecified atom stereocenters. The van der Waals surface area contributed by atoms with Gasteiger partial charge in [-0.2, -0.15) is 22.7 Å². The van der Waals surface area contributed by atoms with Gasteiger partial charge in [-0.1, -0.05) is 30.3 Å². The number of nitrogens with zero attached hydrogens (tertiary/aromatic N) is 3. The van der Waals surface area contributed by atoms with E-state index in [-0.39, 0.29) is 23.8 Å². The van der Waals surface area contributed by atoms with Gasteiger partial charge >= 0.3 is 6.18 Å². The van der Waals surface area contributed by atoms with Crippen LogP contribution in [-0.2, 0) is 12.8 Å². The second-order valence-corrected chi connectivity index (χ2v) is 6.50. The van der Waals surface area contributed by atoms with Crippen molar-refractivity contribution >= 4 is 17.1 Å². The number of hydrogen-bond acceptors (Lipinski definition) is 5. The molecule has 4 aromatic rings. The Balaban J connectivity index is 1.58. The number of ether oxygens (including phenoxy) is 1. The lowest BCUT2D eigenvalue weighted by Crippen LogP contribution is -2.16. The van der Waals surface area contributed by atoms with E-state index in [4.69, 9.17) is 4.74 Å². The number of hydrogen-bond donors (Lipinski definition) is 1. The van der Waals surface area contributed by atoms with Gasteiger partial charge in [0.2, 0.25) is 0 Å². The summed E-state index contributed by atoms with van der Waals surface area (Å²) in [5, 5.41) is 4.13. The van der Waals surface area contributed by atoms with Gasteiger partial charge < -0.3 is 4.74 Å². The van der Waals surface area contributed by atoms with Crippen LogP contribution in [0.4, 0.5) is 13.2 Å². The van der Waals surface area contributed by atoms with Crippen LogP contribution in [0.25, 0.3) is 17.2 Å². The minimum Gasteiger partial charge on any atom is -0.486 e. The molecular formula is C17H11F3N4O2S. The maximum absolute atomic E-state index is 12.6. The molecule has 4 rings (SSSR count). The van der Waals surface area contributed by atoms with Crippen LogP contribution in [0, 0.1) is 0 Å². The Bertz CT molecular complexity index is 1150. The molecule has 138 valence electrons. The van der Waals surface area contributed by atoms with Crippen LogP contribution < -0.4 is 10.3 Å². The first-order valence-corrected chi connectivity index (χ1v) is 8.61. The lowest BCUT2D eigenvalue weighted by molar-refractivity contribution is -0.134. The normalized spacial score (nSPS) is 11.8. The summed E-state index contributed by atoms with van der Waals surface area (Å²) >= 11 is 0.545. The molecule has 27 heavy (non-hydrogen) atoms. The molecule has 1 N–H and O–H groups in total. The van der Waals surface area contributed by atoms with Crippen LogP contribution in [0.3, 0.4) is 0 Å². The molecule has 0 spiro atoms. The summed E-state index contributed by atoms with van der Waals surface area (Å²) < 4.78 is 44.4. The molecule has 0 amide bonds. The molecule has 1 aromatic carbocycles. The van der Waals surface area contributed by atoms with Crippen molar-refractivity contribution in [1.29, 1.82) is 0 Å². The number of nitrogens with one attached hydrogen (secondary N) is 1. The van der Waals surface area contributed by atoms with Crippen molar-refractivity contribution in [3.63, 3.8) is 0 Å². The van der Waals surface area contributed by atoms with Crippen molar-refractivity contribution in [2.24, 2.45) is 0 Å². The first-order valence-electron chi connectivity index (χ1n) is 7.73. The first-order chi connectivity index (χ1) is 12.9. The molecule has 0 aliphatic rings. The molecule has 3 heterocycles. The van der Waals surface area contributed by atoms with Crippen LogP contribution in [0.5, 0.6) is 5.75 Å². The topological polar surface area (TPSA) is 72.3 Å². The van der Waals surface area contributed by atoms with Crippen LogP contribution in [0.1, 0.15) is 10.6 Å².